The molecule has 0 spiro atoms. The minimum atomic E-state index is -0.476. The standard InChI is InChI=1S/C26H17F2N7.C17H11BrF2N6.C15H18BNO2.C12H24B2O4.C9H6BrN.CH4/c27-18-8-5-15(6-9-18)24-23(17-7-10-20-16(13-17)3-1-11-30-20)25-32-22(34-35(25)26(29)33-24)14-21-19(28)4-2-12-31-21;18-14-15(9-3-5-10(19)6-4-9)24-17(21)26-16(14)23-13(25-26)8-12-11(20)2-1-7-22-12;1-14(2)15(3,4)19-16(18-14)12-7-8-13-11(10-12)6-5-9-17-13;1-9(2)10(3,4)16-13(15-9)14-17-11(5,6)12(7,8)18-14;10-8-3-4-9-7(6-8)2-1-5-11-9;/h1-13H,14H2,(H2,29,33);1-7H,8H2,(H2,21,24);5-10H,1-4H3;1-8H3;1-6H;1H4. The first-order chi connectivity index (χ1) is 51.7. The Morgan fingerprint density at radius 3 is 1.25 bits per heavy atom. The molecule has 4 N–H and O–H groups in total. The Morgan fingerprint density at radius 1 is 0.400 bits per heavy atom. The number of benzene rings is 5. The fraction of sp³-hybridized carbons (Fsp3) is 0.263. The summed E-state index contributed by atoms with van der Waals surface area (Å²) in [6.45, 7) is 24.5. The van der Waals surface area contributed by atoms with Gasteiger partial charge in [-0.25, -0.2) is 37.5 Å². The molecule has 9 aromatic heterocycles. The lowest BCUT2D eigenvalue weighted by molar-refractivity contribution is 0.00578. The fourth-order valence-corrected chi connectivity index (χ4v) is 12.9. The van der Waals surface area contributed by atoms with Crippen LogP contribution in [0.15, 0.2) is 204 Å². The molecule has 3 saturated heterocycles. The van der Waals surface area contributed by atoms with Crippen LogP contribution in [0.1, 0.15) is 114 Å². The first kappa shape index (κ1) is 79.5. The number of nitrogen functional groups attached to an aromatic ring is 2. The molecule has 110 heavy (non-hydrogen) atoms. The number of anilines is 2. The maximum Gasteiger partial charge on any atom is 0.494 e. The van der Waals surface area contributed by atoms with Crippen molar-refractivity contribution >= 4 is 114 Å². The third-order valence-corrected chi connectivity index (χ3v) is 21.2. The summed E-state index contributed by atoms with van der Waals surface area (Å²) in [7, 11) is -1.26. The molecule has 3 aliphatic heterocycles. The van der Waals surface area contributed by atoms with Crippen molar-refractivity contribution in [1.29, 1.82) is 0 Å². The summed E-state index contributed by atoms with van der Waals surface area (Å²) < 4.78 is 95.3. The average Bonchev–Trinajstić information content (AvgIpc) is 1.70. The SMILES string of the molecule is Brc1ccc2ncccc2c1.C.CC1(C)OB(B2OC(C)(C)C(C)(C)O2)OC1(C)C.CC1(C)OB(c2ccc3ncccc3c2)OC1(C)C.Nc1nc(-c2ccc(F)cc2)c(-c2ccc3ncccc3c2)c2nc(Cc3ncccc3F)nn12.Nc1nc(-c2ccc(F)cc2)c(Br)c2nc(Cc3ncccc3F)nn12. The van der Waals surface area contributed by atoms with Crippen LogP contribution in [0.4, 0.5) is 29.5 Å². The molecule has 3 aliphatic rings. The molecule has 0 amide bonds. The maximum atomic E-state index is 14.2. The molecule has 14 aromatic rings. The summed E-state index contributed by atoms with van der Waals surface area (Å²) in [6.07, 6.45) is 8.56. The third kappa shape index (κ3) is 17.0. The first-order valence-electron chi connectivity index (χ1n) is 35.0. The summed E-state index contributed by atoms with van der Waals surface area (Å²) in [5, 5.41) is 12.0. The summed E-state index contributed by atoms with van der Waals surface area (Å²) >= 11 is 6.86. The number of fused-ring (bicyclic) bond motifs is 5. The van der Waals surface area contributed by atoms with Gasteiger partial charge < -0.3 is 39.4 Å². The van der Waals surface area contributed by atoms with Gasteiger partial charge in [0, 0.05) is 57.4 Å². The van der Waals surface area contributed by atoms with Crippen molar-refractivity contribution in [3.05, 3.63) is 250 Å². The summed E-state index contributed by atoms with van der Waals surface area (Å²) in [5.74, 6) is -0.655. The van der Waals surface area contributed by atoms with Gasteiger partial charge in [-0.05, 0) is 243 Å². The molecule has 12 heterocycles. The van der Waals surface area contributed by atoms with Gasteiger partial charge in [0.2, 0.25) is 11.9 Å². The zero-order valence-electron chi connectivity index (χ0n) is 61.8. The van der Waals surface area contributed by atoms with Crippen molar-refractivity contribution in [3.63, 3.8) is 0 Å². The van der Waals surface area contributed by atoms with E-state index in [1.54, 1.807) is 42.9 Å². The number of pyridine rings is 5. The average molecular weight is 1620 g/mol. The van der Waals surface area contributed by atoms with Gasteiger partial charge in [0.15, 0.2) is 22.9 Å². The molecule has 0 atom stereocenters. The quantitative estimate of drug-likeness (QED) is 0.101. The Balaban J connectivity index is 0.000000134. The van der Waals surface area contributed by atoms with Crippen molar-refractivity contribution in [3.8, 4) is 33.6 Å². The molecule has 0 unspecified atom stereocenters. The van der Waals surface area contributed by atoms with Crippen LogP contribution in [0.5, 0.6) is 0 Å². The molecular weight excluding hydrogens is 1540 g/mol. The number of halogens is 6. The van der Waals surface area contributed by atoms with E-state index in [2.05, 4.69) is 128 Å². The van der Waals surface area contributed by atoms with Crippen LogP contribution in [-0.2, 0) is 40.8 Å². The Bertz CT molecular complexity index is 5610. The molecule has 17 rings (SSSR count). The minimum Gasteiger partial charge on any atom is -0.405 e. The van der Waals surface area contributed by atoms with E-state index in [4.69, 9.17) is 44.4 Å². The Morgan fingerprint density at radius 2 is 0.773 bits per heavy atom. The van der Waals surface area contributed by atoms with Gasteiger partial charge in [0.1, 0.15) is 23.3 Å². The number of hydrogen-bond acceptors (Lipinski definition) is 19. The van der Waals surface area contributed by atoms with Crippen LogP contribution < -0.4 is 16.9 Å². The smallest absolute Gasteiger partial charge is 0.405 e. The van der Waals surface area contributed by atoms with Gasteiger partial charge in [0.05, 0.1) is 95.8 Å². The van der Waals surface area contributed by atoms with Crippen molar-refractivity contribution in [2.75, 3.05) is 11.5 Å². The molecule has 562 valence electrons. The van der Waals surface area contributed by atoms with E-state index >= 15 is 0 Å². The van der Waals surface area contributed by atoms with E-state index in [0.29, 0.717) is 55.5 Å². The van der Waals surface area contributed by atoms with Gasteiger partial charge in [-0.15, -0.1) is 10.2 Å². The predicted octanol–water partition coefficient (Wildman–Crippen LogP) is 16.7. The van der Waals surface area contributed by atoms with Crippen LogP contribution in [0.2, 0.25) is 0 Å². The van der Waals surface area contributed by atoms with Crippen LogP contribution >= 0.6 is 31.9 Å². The van der Waals surface area contributed by atoms with E-state index < -0.39 is 25.7 Å². The zero-order valence-corrected chi connectivity index (χ0v) is 65.0. The molecule has 0 bridgehead atoms. The molecule has 0 saturated carbocycles. The normalized spacial score (nSPS) is 16.1. The Hall–Kier alpha value is -10.0. The highest BCUT2D eigenvalue weighted by Gasteiger charge is 2.64. The van der Waals surface area contributed by atoms with Crippen molar-refractivity contribution in [1.82, 2.24) is 64.1 Å². The highest BCUT2D eigenvalue weighted by Crippen LogP contribution is 2.44. The van der Waals surface area contributed by atoms with E-state index in [1.165, 1.54) is 75.3 Å². The molecule has 30 heteroatoms. The lowest BCUT2D eigenvalue weighted by Crippen LogP contribution is -2.41. The van der Waals surface area contributed by atoms with E-state index in [-0.39, 0.29) is 95.9 Å². The van der Waals surface area contributed by atoms with Gasteiger partial charge in [-0.2, -0.15) is 9.03 Å². The third-order valence-electron chi connectivity index (χ3n) is 20.0. The topological polar surface area (TPSA) is 258 Å². The molecule has 3 fully saturated rings. The lowest BCUT2D eigenvalue weighted by Gasteiger charge is -2.32. The summed E-state index contributed by atoms with van der Waals surface area (Å²) in [4.78, 5) is 39.1. The van der Waals surface area contributed by atoms with Crippen molar-refractivity contribution in [2.45, 2.75) is 137 Å². The maximum absolute atomic E-state index is 14.2. The minimum absolute atomic E-state index is 0. The highest BCUT2D eigenvalue weighted by molar-refractivity contribution is 9.11. The number of nitrogens with two attached hydrogens (primary N) is 2. The highest BCUT2D eigenvalue weighted by atomic mass is 79.9. The Kier molecular flexibility index (Phi) is 22.9. The Labute approximate surface area is 652 Å². The molecule has 0 aliphatic carbocycles. The van der Waals surface area contributed by atoms with Crippen LogP contribution in [-0.4, -0.2) is 119 Å². The second-order valence-electron chi connectivity index (χ2n) is 29.1. The number of rotatable bonds is 9. The van der Waals surface area contributed by atoms with Gasteiger partial charge in [-0.1, -0.05) is 59.8 Å². The number of aromatic nitrogens is 13. The molecule has 5 aromatic carbocycles. The van der Waals surface area contributed by atoms with E-state index in [9.17, 15) is 17.6 Å². The molecular formula is C80H80B3Br2F4N15O6. The van der Waals surface area contributed by atoms with Gasteiger partial charge in [-0.3, -0.25) is 24.9 Å². The lowest BCUT2D eigenvalue weighted by atomic mass is 9.49. The van der Waals surface area contributed by atoms with Gasteiger partial charge in [0.25, 0.3) is 0 Å². The first-order valence-corrected chi connectivity index (χ1v) is 36.5. The summed E-state index contributed by atoms with van der Waals surface area (Å²) in [5.41, 5.74) is 19.3. The number of hydrogen-bond donors (Lipinski definition) is 2. The molecule has 0 radical (unpaired) electrons. The predicted molar refractivity (Wildman–Crippen MR) is 429 cm³/mol. The monoisotopic (exact) mass is 1610 g/mol. The zero-order chi connectivity index (χ0) is 77.5. The van der Waals surface area contributed by atoms with Crippen molar-refractivity contribution < 1.29 is 45.5 Å². The van der Waals surface area contributed by atoms with Crippen LogP contribution in [0.3, 0.4) is 0 Å². The van der Waals surface area contributed by atoms with Crippen LogP contribution in [0.25, 0.3) is 77.6 Å². The van der Waals surface area contributed by atoms with Gasteiger partial charge >= 0.3 is 21.1 Å². The fourth-order valence-electron chi connectivity index (χ4n) is 11.9. The largest absolute Gasteiger partial charge is 0.494 e. The summed E-state index contributed by atoms with van der Waals surface area (Å²) in [6, 6.07) is 47.4. The van der Waals surface area contributed by atoms with Crippen LogP contribution in [0, 0.1) is 23.3 Å². The second-order valence-corrected chi connectivity index (χ2v) is 30.8. The number of nitrogens with zero attached hydrogens (tertiary/aromatic N) is 13. The molecule has 21 nitrogen and oxygen atoms in total. The van der Waals surface area contributed by atoms with E-state index in [1.807, 2.05) is 128 Å². The van der Waals surface area contributed by atoms with E-state index in [0.717, 1.165) is 42.8 Å². The second kappa shape index (κ2) is 31.7. The van der Waals surface area contributed by atoms with Crippen molar-refractivity contribution in [2.24, 2.45) is 0 Å².